The van der Waals surface area contributed by atoms with E-state index in [1.54, 1.807) is 5.56 Å². The summed E-state index contributed by atoms with van der Waals surface area (Å²) in [5.41, 5.74) is 5.98. The second kappa shape index (κ2) is 5.87. The molecule has 24 heavy (non-hydrogen) atoms. The Bertz CT molecular complexity index is 665. The van der Waals surface area contributed by atoms with Crippen LogP contribution < -0.4 is 0 Å². The summed E-state index contributed by atoms with van der Waals surface area (Å²) in [7, 11) is 0. The van der Waals surface area contributed by atoms with Crippen LogP contribution in [-0.2, 0) is 28.8 Å². The lowest BCUT2D eigenvalue weighted by Crippen LogP contribution is -2.38. The van der Waals surface area contributed by atoms with Gasteiger partial charge in [0.15, 0.2) is 0 Å². The van der Waals surface area contributed by atoms with Crippen LogP contribution in [-0.4, -0.2) is 23.3 Å². The summed E-state index contributed by atoms with van der Waals surface area (Å²) in [5.74, 6) is 0.445. The fourth-order valence-electron chi connectivity index (χ4n) is 5.43. The predicted octanol–water partition coefficient (Wildman–Crippen LogP) is 3.69. The van der Waals surface area contributed by atoms with Crippen molar-refractivity contribution in [1.82, 2.24) is 0 Å². The SMILES string of the molecule is CCC(=O)OC1CCC2c3ccc4c(c3CCC12C)CCC(O)C4. The highest BCUT2D eigenvalue weighted by Gasteiger charge is 2.51. The molecule has 0 aromatic heterocycles. The van der Waals surface area contributed by atoms with Crippen molar-refractivity contribution in [2.75, 3.05) is 0 Å². The first-order chi connectivity index (χ1) is 11.5. The summed E-state index contributed by atoms with van der Waals surface area (Å²) in [6, 6.07) is 4.55. The van der Waals surface area contributed by atoms with Gasteiger partial charge in [-0.25, -0.2) is 0 Å². The van der Waals surface area contributed by atoms with E-state index < -0.39 is 0 Å². The van der Waals surface area contributed by atoms with Crippen molar-refractivity contribution in [2.24, 2.45) is 5.41 Å². The Morgan fingerprint density at radius 1 is 1.25 bits per heavy atom. The van der Waals surface area contributed by atoms with Crippen molar-refractivity contribution < 1.29 is 14.6 Å². The number of esters is 1. The minimum absolute atomic E-state index is 0.0629. The Morgan fingerprint density at radius 2 is 2.08 bits per heavy atom. The molecule has 0 heterocycles. The van der Waals surface area contributed by atoms with Crippen LogP contribution in [0.2, 0.25) is 0 Å². The van der Waals surface area contributed by atoms with E-state index in [9.17, 15) is 9.90 Å². The van der Waals surface area contributed by atoms with Crippen molar-refractivity contribution >= 4 is 5.97 Å². The summed E-state index contributed by atoms with van der Waals surface area (Å²) in [6.45, 7) is 4.19. The van der Waals surface area contributed by atoms with Crippen LogP contribution in [0.25, 0.3) is 0 Å². The van der Waals surface area contributed by atoms with E-state index in [2.05, 4.69) is 19.1 Å². The van der Waals surface area contributed by atoms with Gasteiger partial charge in [-0.1, -0.05) is 26.0 Å². The first-order valence-corrected chi connectivity index (χ1v) is 9.54. The Labute approximate surface area is 144 Å². The highest BCUT2D eigenvalue weighted by atomic mass is 16.5. The molecule has 1 aromatic rings. The molecule has 1 fully saturated rings. The van der Waals surface area contributed by atoms with Gasteiger partial charge in [0, 0.05) is 11.8 Å². The number of carbonyl (C=O) groups excluding carboxylic acids is 1. The maximum atomic E-state index is 11.8. The summed E-state index contributed by atoms with van der Waals surface area (Å²) in [4.78, 5) is 11.8. The van der Waals surface area contributed by atoms with Crippen LogP contribution >= 0.6 is 0 Å². The van der Waals surface area contributed by atoms with E-state index in [1.165, 1.54) is 16.7 Å². The van der Waals surface area contributed by atoms with E-state index in [0.29, 0.717) is 12.3 Å². The smallest absolute Gasteiger partial charge is 0.305 e. The first kappa shape index (κ1) is 16.1. The minimum Gasteiger partial charge on any atom is -0.462 e. The molecule has 3 aliphatic rings. The van der Waals surface area contributed by atoms with Gasteiger partial charge in [-0.05, 0) is 73.1 Å². The Hall–Kier alpha value is -1.35. The van der Waals surface area contributed by atoms with E-state index in [0.717, 1.165) is 44.9 Å². The van der Waals surface area contributed by atoms with Crippen LogP contribution in [0.4, 0.5) is 0 Å². The number of carbonyl (C=O) groups is 1. The van der Waals surface area contributed by atoms with E-state index >= 15 is 0 Å². The standard InChI is InChI=1S/C21H28O3/c1-3-20(23)24-19-9-8-18-17-6-4-13-12-14(22)5-7-15(13)16(17)10-11-21(18,19)2/h4,6,14,18-19,22H,3,5,7-12H2,1-2H3. The molecule has 1 N–H and O–H groups in total. The molecule has 4 rings (SSSR count). The monoisotopic (exact) mass is 328 g/mol. The molecule has 0 aliphatic heterocycles. The number of aliphatic hydroxyl groups excluding tert-OH is 1. The normalized spacial score (nSPS) is 34.2. The number of fused-ring (bicyclic) bond motifs is 5. The van der Waals surface area contributed by atoms with E-state index in [4.69, 9.17) is 4.74 Å². The van der Waals surface area contributed by atoms with Crippen LogP contribution in [0, 0.1) is 5.41 Å². The maximum Gasteiger partial charge on any atom is 0.305 e. The Kier molecular flexibility index (Phi) is 3.95. The van der Waals surface area contributed by atoms with Gasteiger partial charge in [-0.3, -0.25) is 4.79 Å². The maximum absolute atomic E-state index is 11.8. The average molecular weight is 328 g/mol. The molecule has 3 nitrogen and oxygen atoms in total. The van der Waals surface area contributed by atoms with Crippen LogP contribution in [0.3, 0.4) is 0 Å². The fourth-order valence-corrected chi connectivity index (χ4v) is 5.43. The first-order valence-electron chi connectivity index (χ1n) is 9.54. The van der Waals surface area contributed by atoms with Crippen LogP contribution in [0.15, 0.2) is 12.1 Å². The highest BCUT2D eigenvalue weighted by molar-refractivity contribution is 5.69. The third-order valence-electron chi connectivity index (χ3n) is 6.85. The molecule has 0 spiro atoms. The second-order valence-electron chi connectivity index (χ2n) is 8.14. The van der Waals surface area contributed by atoms with Gasteiger partial charge >= 0.3 is 5.97 Å². The van der Waals surface area contributed by atoms with Gasteiger partial charge in [0.2, 0.25) is 0 Å². The summed E-state index contributed by atoms with van der Waals surface area (Å²) in [6.07, 6.45) is 7.36. The van der Waals surface area contributed by atoms with Gasteiger partial charge < -0.3 is 9.84 Å². The molecule has 130 valence electrons. The molecule has 1 saturated carbocycles. The molecular formula is C21H28O3. The zero-order valence-electron chi connectivity index (χ0n) is 14.8. The Morgan fingerprint density at radius 3 is 2.88 bits per heavy atom. The van der Waals surface area contributed by atoms with E-state index in [1.807, 2.05) is 6.92 Å². The zero-order chi connectivity index (χ0) is 16.9. The Balaban J connectivity index is 1.67. The number of aliphatic hydroxyl groups is 1. The lowest BCUT2D eigenvalue weighted by Gasteiger charge is -2.42. The molecule has 4 unspecified atom stereocenters. The lowest BCUT2D eigenvalue weighted by atomic mass is 9.64. The second-order valence-corrected chi connectivity index (χ2v) is 8.14. The molecule has 0 bridgehead atoms. The van der Waals surface area contributed by atoms with Crippen molar-refractivity contribution in [1.29, 1.82) is 0 Å². The van der Waals surface area contributed by atoms with Crippen molar-refractivity contribution in [3.05, 3.63) is 34.4 Å². The topological polar surface area (TPSA) is 46.5 Å². The molecule has 0 saturated heterocycles. The number of benzene rings is 1. The van der Waals surface area contributed by atoms with Gasteiger partial charge in [-0.15, -0.1) is 0 Å². The lowest BCUT2D eigenvalue weighted by molar-refractivity contribution is -0.154. The number of hydrogen-bond acceptors (Lipinski definition) is 3. The number of hydrogen-bond donors (Lipinski definition) is 1. The third-order valence-corrected chi connectivity index (χ3v) is 6.85. The zero-order valence-corrected chi connectivity index (χ0v) is 14.8. The van der Waals surface area contributed by atoms with Crippen LogP contribution in [0.1, 0.15) is 74.1 Å². The third kappa shape index (κ3) is 2.40. The minimum atomic E-state index is -0.172. The molecule has 3 aliphatic carbocycles. The van der Waals surface area contributed by atoms with Crippen molar-refractivity contribution in [3.8, 4) is 0 Å². The molecule has 4 atom stereocenters. The van der Waals surface area contributed by atoms with Gasteiger partial charge in [0.25, 0.3) is 0 Å². The highest BCUT2D eigenvalue weighted by Crippen LogP contribution is 2.57. The van der Waals surface area contributed by atoms with E-state index in [-0.39, 0.29) is 23.6 Å². The number of ether oxygens (including phenoxy) is 1. The summed E-state index contributed by atoms with van der Waals surface area (Å²) in [5, 5.41) is 9.94. The van der Waals surface area contributed by atoms with Gasteiger partial charge in [-0.2, -0.15) is 0 Å². The van der Waals surface area contributed by atoms with Gasteiger partial charge in [0.1, 0.15) is 6.10 Å². The molecule has 0 radical (unpaired) electrons. The van der Waals surface area contributed by atoms with Crippen molar-refractivity contribution in [3.63, 3.8) is 0 Å². The molecule has 1 aromatic carbocycles. The fraction of sp³-hybridized carbons (Fsp3) is 0.667. The summed E-state index contributed by atoms with van der Waals surface area (Å²) < 4.78 is 5.80. The van der Waals surface area contributed by atoms with Gasteiger partial charge in [0.05, 0.1) is 6.10 Å². The molecule has 3 heteroatoms. The predicted molar refractivity (Wildman–Crippen MR) is 93.0 cm³/mol. The quantitative estimate of drug-likeness (QED) is 0.842. The molecular weight excluding hydrogens is 300 g/mol. The molecule has 0 amide bonds. The average Bonchev–Trinajstić information content (AvgIpc) is 2.90. The largest absolute Gasteiger partial charge is 0.462 e. The van der Waals surface area contributed by atoms with Crippen molar-refractivity contribution in [2.45, 2.75) is 83.3 Å². The van der Waals surface area contributed by atoms with Crippen LogP contribution in [0.5, 0.6) is 0 Å². The number of rotatable bonds is 2. The summed E-state index contributed by atoms with van der Waals surface area (Å²) >= 11 is 0.